The van der Waals surface area contributed by atoms with E-state index in [1.165, 1.54) is 6.39 Å². The topological polar surface area (TPSA) is 38.9 Å². The molecule has 0 spiro atoms. The van der Waals surface area contributed by atoms with Crippen molar-refractivity contribution >= 4 is 11.1 Å². The minimum Gasteiger partial charge on any atom is -0.442 e. The van der Waals surface area contributed by atoms with Crippen LogP contribution in [0.15, 0.2) is 17.0 Å². The summed E-state index contributed by atoms with van der Waals surface area (Å²) in [7, 11) is 0. The number of aromatic nitrogens is 2. The number of fused-ring (bicyclic) bond motifs is 1. The first-order valence-electron chi connectivity index (χ1n) is 5.33. The van der Waals surface area contributed by atoms with Gasteiger partial charge in [0.2, 0.25) is 0 Å². The van der Waals surface area contributed by atoms with Gasteiger partial charge in [-0.3, -0.25) is 4.98 Å². The van der Waals surface area contributed by atoms with Crippen molar-refractivity contribution in [2.45, 2.75) is 39.5 Å². The standard InChI is InChI=1S/C12H16N2O/c1-7(2)9-5-13-10(8(3)4)12-11(9)14-6-15-12/h5-8H,1-4H3. The summed E-state index contributed by atoms with van der Waals surface area (Å²) >= 11 is 0. The molecule has 80 valence electrons. The quantitative estimate of drug-likeness (QED) is 0.751. The molecule has 0 aliphatic carbocycles. The zero-order valence-corrected chi connectivity index (χ0v) is 9.61. The van der Waals surface area contributed by atoms with Gasteiger partial charge in [0, 0.05) is 11.8 Å². The summed E-state index contributed by atoms with van der Waals surface area (Å²) in [6.45, 7) is 8.50. The number of hydrogen-bond acceptors (Lipinski definition) is 3. The molecule has 2 rings (SSSR count). The van der Waals surface area contributed by atoms with E-state index in [0.29, 0.717) is 11.8 Å². The maximum atomic E-state index is 5.43. The lowest BCUT2D eigenvalue weighted by atomic mass is 10.0. The average Bonchev–Trinajstić information content (AvgIpc) is 2.63. The second-order valence-corrected chi connectivity index (χ2v) is 4.44. The minimum absolute atomic E-state index is 0.363. The van der Waals surface area contributed by atoms with Crippen molar-refractivity contribution in [1.29, 1.82) is 0 Å². The van der Waals surface area contributed by atoms with Gasteiger partial charge >= 0.3 is 0 Å². The highest BCUT2D eigenvalue weighted by Gasteiger charge is 2.15. The van der Waals surface area contributed by atoms with E-state index in [2.05, 4.69) is 37.7 Å². The number of hydrogen-bond donors (Lipinski definition) is 0. The summed E-state index contributed by atoms with van der Waals surface area (Å²) in [4.78, 5) is 8.74. The second-order valence-electron chi connectivity index (χ2n) is 4.44. The summed E-state index contributed by atoms with van der Waals surface area (Å²) < 4.78 is 5.43. The highest BCUT2D eigenvalue weighted by Crippen LogP contribution is 2.28. The third kappa shape index (κ3) is 1.62. The van der Waals surface area contributed by atoms with E-state index in [0.717, 1.165) is 22.4 Å². The average molecular weight is 204 g/mol. The Balaban J connectivity index is 2.71. The summed E-state index contributed by atoms with van der Waals surface area (Å²) in [5, 5.41) is 0. The molecule has 3 nitrogen and oxygen atoms in total. The maximum Gasteiger partial charge on any atom is 0.182 e. The van der Waals surface area contributed by atoms with E-state index in [1.807, 2.05) is 6.20 Å². The van der Waals surface area contributed by atoms with Gasteiger partial charge in [0.15, 0.2) is 12.0 Å². The number of oxazole rings is 1. The summed E-state index contributed by atoms with van der Waals surface area (Å²) in [5.41, 5.74) is 3.95. The third-order valence-corrected chi connectivity index (χ3v) is 2.59. The lowest BCUT2D eigenvalue weighted by molar-refractivity contribution is 0.590. The molecule has 0 bridgehead atoms. The van der Waals surface area contributed by atoms with E-state index >= 15 is 0 Å². The first-order chi connectivity index (χ1) is 7.11. The van der Waals surface area contributed by atoms with Crippen LogP contribution in [0.1, 0.15) is 50.8 Å². The van der Waals surface area contributed by atoms with Gasteiger partial charge in [0.05, 0.1) is 5.69 Å². The van der Waals surface area contributed by atoms with Crippen molar-refractivity contribution in [3.8, 4) is 0 Å². The van der Waals surface area contributed by atoms with Crippen LogP contribution in [-0.2, 0) is 0 Å². The molecule has 0 fully saturated rings. The molecule has 3 heteroatoms. The molecule has 0 N–H and O–H groups in total. The van der Waals surface area contributed by atoms with Gasteiger partial charge in [-0.05, 0) is 11.8 Å². The molecular formula is C12H16N2O. The van der Waals surface area contributed by atoms with Crippen molar-refractivity contribution in [1.82, 2.24) is 9.97 Å². The highest BCUT2D eigenvalue weighted by molar-refractivity contribution is 5.78. The van der Waals surface area contributed by atoms with Crippen molar-refractivity contribution < 1.29 is 4.42 Å². The first-order valence-corrected chi connectivity index (χ1v) is 5.33. The van der Waals surface area contributed by atoms with Crippen LogP contribution in [0.25, 0.3) is 11.1 Å². The Kier molecular flexibility index (Phi) is 2.47. The molecule has 0 amide bonds. The summed E-state index contributed by atoms with van der Waals surface area (Å²) in [6, 6.07) is 0. The van der Waals surface area contributed by atoms with E-state index in [-0.39, 0.29) is 0 Å². The van der Waals surface area contributed by atoms with Crippen LogP contribution in [0, 0.1) is 0 Å². The fraction of sp³-hybridized carbons (Fsp3) is 0.500. The molecule has 0 saturated heterocycles. The number of nitrogens with zero attached hydrogens (tertiary/aromatic N) is 2. The molecule has 2 aromatic rings. The smallest absolute Gasteiger partial charge is 0.182 e. The third-order valence-electron chi connectivity index (χ3n) is 2.59. The molecule has 0 saturated carbocycles. The normalized spacial score (nSPS) is 11.9. The predicted octanol–water partition coefficient (Wildman–Crippen LogP) is 3.47. The van der Waals surface area contributed by atoms with Gasteiger partial charge in [0.1, 0.15) is 5.52 Å². The van der Waals surface area contributed by atoms with Gasteiger partial charge in [0.25, 0.3) is 0 Å². The predicted molar refractivity (Wildman–Crippen MR) is 60.0 cm³/mol. The Labute approximate surface area is 89.5 Å². The number of rotatable bonds is 2. The van der Waals surface area contributed by atoms with Crippen LogP contribution in [-0.4, -0.2) is 9.97 Å². The van der Waals surface area contributed by atoms with Gasteiger partial charge in [-0.25, -0.2) is 4.98 Å². The minimum atomic E-state index is 0.363. The van der Waals surface area contributed by atoms with Crippen molar-refractivity contribution in [3.63, 3.8) is 0 Å². The van der Waals surface area contributed by atoms with Gasteiger partial charge < -0.3 is 4.42 Å². The van der Waals surface area contributed by atoms with Crippen LogP contribution >= 0.6 is 0 Å². The molecule has 0 radical (unpaired) electrons. The van der Waals surface area contributed by atoms with E-state index in [4.69, 9.17) is 4.42 Å². The van der Waals surface area contributed by atoms with Gasteiger partial charge in [-0.2, -0.15) is 0 Å². The fourth-order valence-electron chi connectivity index (χ4n) is 1.73. The van der Waals surface area contributed by atoms with Crippen LogP contribution in [0.5, 0.6) is 0 Å². The zero-order valence-electron chi connectivity index (χ0n) is 9.61. The van der Waals surface area contributed by atoms with Crippen molar-refractivity contribution in [3.05, 3.63) is 23.8 Å². The summed E-state index contributed by atoms with van der Waals surface area (Å²) in [6.07, 6.45) is 3.43. The molecule has 0 aromatic carbocycles. The lowest BCUT2D eigenvalue weighted by Gasteiger charge is -2.09. The molecule has 15 heavy (non-hydrogen) atoms. The zero-order chi connectivity index (χ0) is 11.0. The molecule has 0 aliphatic rings. The Hall–Kier alpha value is -1.38. The molecule has 0 unspecified atom stereocenters. The Morgan fingerprint density at radius 1 is 1.07 bits per heavy atom. The SMILES string of the molecule is CC(C)c1cnc(C(C)C)c2ocnc12. The van der Waals surface area contributed by atoms with Gasteiger partial charge in [-0.1, -0.05) is 27.7 Å². The monoisotopic (exact) mass is 204 g/mol. The van der Waals surface area contributed by atoms with E-state index < -0.39 is 0 Å². The Morgan fingerprint density at radius 3 is 2.40 bits per heavy atom. The second kappa shape index (κ2) is 3.65. The van der Waals surface area contributed by atoms with E-state index in [1.54, 1.807) is 0 Å². The first kappa shape index (κ1) is 10.1. The van der Waals surface area contributed by atoms with Crippen LogP contribution in [0.4, 0.5) is 0 Å². The van der Waals surface area contributed by atoms with E-state index in [9.17, 15) is 0 Å². The molecule has 0 aliphatic heterocycles. The molecule has 0 atom stereocenters. The van der Waals surface area contributed by atoms with Crippen molar-refractivity contribution in [2.24, 2.45) is 0 Å². The van der Waals surface area contributed by atoms with Gasteiger partial charge in [-0.15, -0.1) is 0 Å². The van der Waals surface area contributed by atoms with Crippen LogP contribution in [0.2, 0.25) is 0 Å². The Bertz CT molecular complexity index is 429. The highest BCUT2D eigenvalue weighted by atomic mass is 16.3. The van der Waals surface area contributed by atoms with Crippen molar-refractivity contribution in [2.75, 3.05) is 0 Å². The van der Waals surface area contributed by atoms with Crippen LogP contribution in [0.3, 0.4) is 0 Å². The Morgan fingerprint density at radius 2 is 1.80 bits per heavy atom. The number of pyridine rings is 1. The fourth-order valence-corrected chi connectivity index (χ4v) is 1.73. The lowest BCUT2D eigenvalue weighted by Crippen LogP contribution is -1.97. The maximum absolute atomic E-state index is 5.43. The molecule has 2 heterocycles. The molecular weight excluding hydrogens is 188 g/mol. The molecule has 2 aromatic heterocycles. The largest absolute Gasteiger partial charge is 0.442 e. The summed E-state index contributed by atoms with van der Waals surface area (Å²) in [5.74, 6) is 0.785. The van der Waals surface area contributed by atoms with Crippen LogP contribution < -0.4 is 0 Å².